The number of thiophene rings is 1. The van der Waals surface area contributed by atoms with Gasteiger partial charge in [-0.05, 0) is 41.7 Å². The highest BCUT2D eigenvalue weighted by atomic mass is 32.1. The highest BCUT2D eigenvalue weighted by molar-refractivity contribution is 7.17. The van der Waals surface area contributed by atoms with E-state index >= 15 is 0 Å². The van der Waals surface area contributed by atoms with E-state index in [-0.39, 0.29) is 5.54 Å². The first-order chi connectivity index (χ1) is 8.27. The van der Waals surface area contributed by atoms with Crippen LogP contribution in [-0.2, 0) is 11.2 Å². The fourth-order valence-electron chi connectivity index (χ4n) is 2.56. The average Bonchev–Trinajstić information content (AvgIpc) is 2.73. The van der Waals surface area contributed by atoms with Crippen molar-refractivity contribution in [2.45, 2.75) is 24.8 Å². The predicted octanol–water partition coefficient (Wildman–Crippen LogP) is 2.95. The predicted molar refractivity (Wildman–Crippen MR) is 72.5 cm³/mol. The molecule has 1 aliphatic heterocycles. The van der Waals surface area contributed by atoms with Gasteiger partial charge in [0.15, 0.2) is 0 Å². The smallest absolute Gasteiger partial charge is 0.0649 e. The maximum Gasteiger partial charge on any atom is 0.0649 e. The van der Waals surface area contributed by atoms with Crippen LogP contribution in [0.4, 0.5) is 0 Å². The van der Waals surface area contributed by atoms with Crippen LogP contribution in [-0.4, -0.2) is 18.8 Å². The number of rotatable bonds is 2. The first kappa shape index (κ1) is 11.2. The maximum absolute atomic E-state index is 6.42. The molecule has 1 unspecified atom stereocenters. The Bertz CT molecular complexity index is 514. The normalized spacial score (nSPS) is 25.2. The molecule has 2 N–H and O–H groups in total. The van der Waals surface area contributed by atoms with Crippen molar-refractivity contribution < 1.29 is 4.74 Å². The molecule has 1 atom stereocenters. The summed E-state index contributed by atoms with van der Waals surface area (Å²) in [7, 11) is 0. The summed E-state index contributed by atoms with van der Waals surface area (Å²) in [5, 5.41) is 3.60. The van der Waals surface area contributed by atoms with Crippen LogP contribution in [0.5, 0.6) is 0 Å². The second-order valence-corrected chi connectivity index (χ2v) is 5.86. The highest BCUT2D eigenvalue weighted by Gasteiger charge is 2.29. The first-order valence-electron chi connectivity index (χ1n) is 6.09. The molecule has 1 saturated heterocycles. The van der Waals surface area contributed by atoms with Crippen molar-refractivity contribution in [1.29, 1.82) is 0 Å². The van der Waals surface area contributed by atoms with E-state index in [0.29, 0.717) is 6.61 Å². The maximum atomic E-state index is 6.42. The molecule has 2 nitrogen and oxygen atoms in total. The summed E-state index contributed by atoms with van der Waals surface area (Å²) >= 11 is 1.80. The lowest BCUT2D eigenvalue weighted by Crippen LogP contribution is -2.49. The molecule has 0 amide bonds. The summed E-state index contributed by atoms with van der Waals surface area (Å²) in [6, 6.07) is 8.54. The molecule has 3 heteroatoms. The van der Waals surface area contributed by atoms with Crippen LogP contribution in [0.25, 0.3) is 10.1 Å². The number of fused-ring (bicyclic) bond motifs is 1. The topological polar surface area (TPSA) is 35.2 Å². The summed E-state index contributed by atoms with van der Waals surface area (Å²) in [5.74, 6) is 0. The molecular weight excluding hydrogens is 230 g/mol. The molecule has 1 aromatic carbocycles. The highest BCUT2D eigenvalue weighted by Crippen LogP contribution is 2.30. The van der Waals surface area contributed by atoms with E-state index in [0.717, 1.165) is 25.9 Å². The minimum absolute atomic E-state index is 0.165. The van der Waals surface area contributed by atoms with Crippen molar-refractivity contribution in [3.63, 3.8) is 0 Å². The third-order valence-corrected chi connectivity index (χ3v) is 4.47. The van der Waals surface area contributed by atoms with Crippen molar-refractivity contribution in [2.24, 2.45) is 5.73 Å². The third-order valence-electron chi connectivity index (χ3n) is 3.46. The molecule has 0 bridgehead atoms. The molecule has 0 saturated carbocycles. The van der Waals surface area contributed by atoms with Crippen LogP contribution in [0.2, 0.25) is 0 Å². The summed E-state index contributed by atoms with van der Waals surface area (Å²) in [5.41, 5.74) is 7.63. The molecule has 2 aromatic rings. The largest absolute Gasteiger partial charge is 0.380 e. The molecular formula is C14H17NOS. The summed E-state index contributed by atoms with van der Waals surface area (Å²) in [6.45, 7) is 1.56. The Morgan fingerprint density at radius 3 is 3.06 bits per heavy atom. The second kappa shape index (κ2) is 4.41. The SMILES string of the molecule is NC1(Cc2csc3ccccc23)CCCOC1. The van der Waals surface area contributed by atoms with Crippen LogP contribution < -0.4 is 5.73 Å². The fraction of sp³-hybridized carbons (Fsp3) is 0.429. The van der Waals surface area contributed by atoms with Crippen molar-refractivity contribution >= 4 is 21.4 Å². The van der Waals surface area contributed by atoms with E-state index in [2.05, 4.69) is 29.6 Å². The third kappa shape index (κ3) is 2.23. The lowest BCUT2D eigenvalue weighted by atomic mass is 9.87. The summed E-state index contributed by atoms with van der Waals surface area (Å²) in [6.07, 6.45) is 3.08. The van der Waals surface area contributed by atoms with Crippen molar-refractivity contribution in [3.05, 3.63) is 35.2 Å². The Morgan fingerprint density at radius 2 is 2.24 bits per heavy atom. The number of ether oxygens (including phenoxy) is 1. The van der Waals surface area contributed by atoms with Gasteiger partial charge in [0.25, 0.3) is 0 Å². The van der Waals surface area contributed by atoms with Gasteiger partial charge in [-0.1, -0.05) is 18.2 Å². The van der Waals surface area contributed by atoms with Gasteiger partial charge >= 0.3 is 0 Å². The van der Waals surface area contributed by atoms with E-state index in [1.807, 2.05) is 0 Å². The van der Waals surface area contributed by atoms with E-state index < -0.39 is 0 Å². The number of benzene rings is 1. The van der Waals surface area contributed by atoms with Gasteiger partial charge < -0.3 is 10.5 Å². The van der Waals surface area contributed by atoms with Gasteiger partial charge in [-0.3, -0.25) is 0 Å². The molecule has 1 fully saturated rings. The van der Waals surface area contributed by atoms with E-state index in [9.17, 15) is 0 Å². The van der Waals surface area contributed by atoms with Crippen LogP contribution in [0.15, 0.2) is 29.6 Å². The lowest BCUT2D eigenvalue weighted by Gasteiger charge is -2.33. The molecule has 1 aliphatic rings. The first-order valence-corrected chi connectivity index (χ1v) is 6.97. The van der Waals surface area contributed by atoms with Crippen LogP contribution in [0.1, 0.15) is 18.4 Å². The molecule has 90 valence electrons. The van der Waals surface area contributed by atoms with Crippen LogP contribution in [0, 0.1) is 0 Å². The Labute approximate surface area is 105 Å². The summed E-state index contributed by atoms with van der Waals surface area (Å²) < 4.78 is 6.87. The van der Waals surface area contributed by atoms with Gasteiger partial charge in [0, 0.05) is 16.8 Å². The Kier molecular flexibility index (Phi) is 2.90. The zero-order valence-electron chi connectivity index (χ0n) is 9.82. The fourth-order valence-corrected chi connectivity index (χ4v) is 3.53. The van der Waals surface area contributed by atoms with Crippen LogP contribution in [0.3, 0.4) is 0 Å². The van der Waals surface area contributed by atoms with Gasteiger partial charge in [0.1, 0.15) is 0 Å². The summed E-state index contributed by atoms with van der Waals surface area (Å²) in [4.78, 5) is 0. The Hall–Kier alpha value is -0.900. The van der Waals surface area contributed by atoms with Crippen LogP contribution >= 0.6 is 11.3 Å². The zero-order chi connectivity index (χ0) is 11.7. The monoisotopic (exact) mass is 247 g/mol. The van der Waals surface area contributed by atoms with Gasteiger partial charge in [-0.2, -0.15) is 0 Å². The molecule has 0 radical (unpaired) electrons. The van der Waals surface area contributed by atoms with Gasteiger partial charge in [-0.15, -0.1) is 11.3 Å². The molecule has 3 rings (SSSR count). The lowest BCUT2D eigenvalue weighted by molar-refractivity contribution is 0.0384. The van der Waals surface area contributed by atoms with E-state index in [4.69, 9.17) is 10.5 Å². The molecule has 0 spiro atoms. The second-order valence-electron chi connectivity index (χ2n) is 4.95. The average molecular weight is 247 g/mol. The van der Waals surface area contributed by atoms with Gasteiger partial charge in [0.05, 0.1) is 6.61 Å². The quantitative estimate of drug-likeness (QED) is 0.885. The Balaban J connectivity index is 1.89. The Morgan fingerprint density at radius 1 is 1.35 bits per heavy atom. The standard InChI is InChI=1S/C14H17NOS/c15-14(6-3-7-16-10-14)8-11-9-17-13-5-2-1-4-12(11)13/h1-2,4-5,9H,3,6-8,10,15H2. The van der Waals surface area contributed by atoms with Gasteiger partial charge in [0.2, 0.25) is 0 Å². The number of hydrogen-bond donors (Lipinski definition) is 1. The van der Waals surface area contributed by atoms with Gasteiger partial charge in [-0.25, -0.2) is 0 Å². The minimum Gasteiger partial charge on any atom is -0.380 e. The zero-order valence-corrected chi connectivity index (χ0v) is 10.6. The van der Waals surface area contributed by atoms with E-state index in [1.54, 1.807) is 11.3 Å². The van der Waals surface area contributed by atoms with Crippen molar-refractivity contribution in [1.82, 2.24) is 0 Å². The minimum atomic E-state index is -0.165. The number of nitrogens with two attached hydrogens (primary N) is 1. The number of hydrogen-bond acceptors (Lipinski definition) is 3. The van der Waals surface area contributed by atoms with Crippen molar-refractivity contribution in [3.8, 4) is 0 Å². The van der Waals surface area contributed by atoms with E-state index in [1.165, 1.54) is 15.6 Å². The molecule has 1 aromatic heterocycles. The van der Waals surface area contributed by atoms with Crippen molar-refractivity contribution in [2.75, 3.05) is 13.2 Å². The molecule has 2 heterocycles. The molecule has 17 heavy (non-hydrogen) atoms. The molecule has 0 aliphatic carbocycles.